The molecule has 1 atom stereocenters. The lowest BCUT2D eigenvalue weighted by Gasteiger charge is -2.33. The van der Waals surface area contributed by atoms with Crippen LogP contribution in [0.1, 0.15) is 37.3 Å². The monoisotopic (exact) mass is 337 g/mol. The maximum absolute atomic E-state index is 12.3. The van der Waals surface area contributed by atoms with E-state index in [4.69, 9.17) is 0 Å². The molecule has 1 heterocycles. The second-order valence-corrected chi connectivity index (χ2v) is 7.27. The van der Waals surface area contributed by atoms with Gasteiger partial charge in [0.2, 0.25) is 5.91 Å². The molecule has 20 heavy (non-hydrogen) atoms. The van der Waals surface area contributed by atoms with E-state index in [-0.39, 0.29) is 0 Å². The summed E-state index contributed by atoms with van der Waals surface area (Å²) in [6, 6.07) is 8.34. The SMILES string of the molecule is Cc1ccccc1CCC(=O)N1CCC(C(C)Br)CC1. The van der Waals surface area contributed by atoms with Crippen molar-refractivity contribution < 1.29 is 4.79 Å². The largest absolute Gasteiger partial charge is 0.343 e. The van der Waals surface area contributed by atoms with Crippen molar-refractivity contribution in [3.63, 3.8) is 0 Å². The topological polar surface area (TPSA) is 20.3 Å². The molecule has 1 unspecified atom stereocenters. The molecule has 1 aromatic carbocycles. The van der Waals surface area contributed by atoms with Gasteiger partial charge in [0.15, 0.2) is 0 Å². The molecular weight excluding hydrogens is 314 g/mol. The van der Waals surface area contributed by atoms with E-state index in [9.17, 15) is 4.79 Å². The van der Waals surface area contributed by atoms with Gasteiger partial charge < -0.3 is 4.90 Å². The van der Waals surface area contributed by atoms with Crippen LogP contribution in [-0.4, -0.2) is 28.7 Å². The number of carbonyl (C=O) groups is 1. The first-order valence-electron chi connectivity index (χ1n) is 7.54. The Labute approximate surface area is 130 Å². The number of piperidine rings is 1. The average Bonchev–Trinajstić information content (AvgIpc) is 2.46. The zero-order chi connectivity index (χ0) is 14.5. The van der Waals surface area contributed by atoms with E-state index in [1.165, 1.54) is 11.1 Å². The summed E-state index contributed by atoms with van der Waals surface area (Å²) in [6.07, 6.45) is 3.75. The van der Waals surface area contributed by atoms with Crippen molar-refractivity contribution in [3.05, 3.63) is 35.4 Å². The molecule has 1 amide bonds. The summed E-state index contributed by atoms with van der Waals surface area (Å²) < 4.78 is 0. The highest BCUT2D eigenvalue weighted by molar-refractivity contribution is 9.09. The number of carbonyl (C=O) groups excluding carboxylic acids is 1. The summed E-state index contributed by atoms with van der Waals surface area (Å²) in [5.74, 6) is 1.03. The van der Waals surface area contributed by atoms with Crippen molar-refractivity contribution in [2.45, 2.75) is 44.4 Å². The lowest BCUT2D eigenvalue weighted by Crippen LogP contribution is -2.40. The molecular formula is C17H24BrNO. The van der Waals surface area contributed by atoms with Crippen LogP contribution in [0.15, 0.2) is 24.3 Å². The molecule has 1 aromatic rings. The highest BCUT2D eigenvalue weighted by atomic mass is 79.9. The van der Waals surface area contributed by atoms with Crippen LogP contribution in [0.4, 0.5) is 0 Å². The maximum atomic E-state index is 12.3. The average molecular weight is 338 g/mol. The first kappa shape index (κ1) is 15.6. The molecule has 1 aliphatic rings. The van der Waals surface area contributed by atoms with Crippen LogP contribution in [0.3, 0.4) is 0 Å². The smallest absolute Gasteiger partial charge is 0.222 e. The van der Waals surface area contributed by atoms with Gasteiger partial charge in [0.05, 0.1) is 0 Å². The fourth-order valence-electron chi connectivity index (χ4n) is 2.90. The summed E-state index contributed by atoms with van der Waals surface area (Å²) in [7, 11) is 0. The van der Waals surface area contributed by atoms with Gasteiger partial charge in [0.1, 0.15) is 0 Å². The van der Waals surface area contributed by atoms with Gasteiger partial charge in [-0.1, -0.05) is 47.1 Å². The van der Waals surface area contributed by atoms with Gasteiger partial charge in [0.25, 0.3) is 0 Å². The number of benzene rings is 1. The highest BCUT2D eigenvalue weighted by Gasteiger charge is 2.24. The van der Waals surface area contributed by atoms with Gasteiger partial charge in [-0.3, -0.25) is 4.79 Å². The Hall–Kier alpha value is -0.830. The van der Waals surface area contributed by atoms with Crippen molar-refractivity contribution in [2.24, 2.45) is 5.92 Å². The van der Waals surface area contributed by atoms with Gasteiger partial charge >= 0.3 is 0 Å². The van der Waals surface area contributed by atoms with Crippen LogP contribution in [0.2, 0.25) is 0 Å². The van der Waals surface area contributed by atoms with E-state index >= 15 is 0 Å². The van der Waals surface area contributed by atoms with Gasteiger partial charge in [-0.15, -0.1) is 0 Å². The summed E-state index contributed by atoms with van der Waals surface area (Å²) in [5, 5.41) is 0. The number of halogens is 1. The van der Waals surface area contributed by atoms with E-state index < -0.39 is 0 Å². The molecule has 1 saturated heterocycles. The van der Waals surface area contributed by atoms with E-state index in [1.807, 2.05) is 11.0 Å². The third-order valence-corrected chi connectivity index (χ3v) is 5.16. The number of hydrogen-bond donors (Lipinski definition) is 0. The van der Waals surface area contributed by atoms with E-state index in [0.717, 1.165) is 38.3 Å². The second-order valence-electron chi connectivity index (χ2n) is 5.82. The zero-order valence-corrected chi connectivity index (χ0v) is 14.0. The quantitative estimate of drug-likeness (QED) is 0.761. The van der Waals surface area contributed by atoms with Crippen LogP contribution in [0, 0.1) is 12.8 Å². The molecule has 1 aliphatic heterocycles. The number of amides is 1. The molecule has 0 radical (unpaired) electrons. The maximum Gasteiger partial charge on any atom is 0.222 e. The van der Waals surface area contributed by atoms with Gasteiger partial charge in [-0.25, -0.2) is 0 Å². The number of hydrogen-bond acceptors (Lipinski definition) is 1. The minimum atomic E-state index is 0.314. The van der Waals surface area contributed by atoms with E-state index in [2.05, 4.69) is 48.0 Å². The molecule has 2 nitrogen and oxygen atoms in total. The Morgan fingerprint density at radius 1 is 1.35 bits per heavy atom. The van der Waals surface area contributed by atoms with Gasteiger partial charge in [-0.05, 0) is 43.2 Å². The Balaban J connectivity index is 1.80. The van der Waals surface area contributed by atoms with Crippen molar-refractivity contribution in [1.29, 1.82) is 0 Å². The van der Waals surface area contributed by atoms with Crippen molar-refractivity contribution in [1.82, 2.24) is 4.90 Å². The number of likely N-dealkylation sites (tertiary alicyclic amines) is 1. The predicted molar refractivity (Wildman–Crippen MR) is 87.2 cm³/mol. The standard InChI is InChI=1S/C17H24BrNO/c1-13-5-3-4-6-15(13)7-8-17(20)19-11-9-16(10-12-19)14(2)18/h3-6,14,16H,7-12H2,1-2H3. The lowest BCUT2D eigenvalue weighted by molar-refractivity contribution is -0.132. The number of alkyl halides is 1. The van der Waals surface area contributed by atoms with Crippen molar-refractivity contribution in [3.8, 4) is 0 Å². The molecule has 1 fully saturated rings. The molecule has 2 rings (SSSR count). The van der Waals surface area contributed by atoms with E-state index in [0.29, 0.717) is 17.2 Å². The predicted octanol–water partition coefficient (Wildman–Crippen LogP) is 3.95. The zero-order valence-electron chi connectivity index (χ0n) is 12.4. The van der Waals surface area contributed by atoms with Gasteiger partial charge in [-0.2, -0.15) is 0 Å². The molecule has 0 bridgehead atoms. The normalized spacial score (nSPS) is 18.1. The first-order valence-corrected chi connectivity index (χ1v) is 8.46. The fourth-order valence-corrected chi connectivity index (χ4v) is 3.43. The van der Waals surface area contributed by atoms with Crippen molar-refractivity contribution in [2.75, 3.05) is 13.1 Å². The molecule has 0 aliphatic carbocycles. The van der Waals surface area contributed by atoms with Crippen LogP contribution >= 0.6 is 15.9 Å². The Bertz CT molecular complexity index is 450. The molecule has 0 N–H and O–H groups in total. The summed E-state index contributed by atoms with van der Waals surface area (Å²) in [6.45, 7) is 6.17. The third-order valence-electron chi connectivity index (χ3n) is 4.41. The lowest BCUT2D eigenvalue weighted by atomic mass is 9.94. The van der Waals surface area contributed by atoms with Crippen molar-refractivity contribution >= 4 is 21.8 Å². The number of aryl methyl sites for hydroxylation is 2. The molecule has 3 heteroatoms. The molecule has 0 aromatic heterocycles. The summed E-state index contributed by atoms with van der Waals surface area (Å²) in [4.78, 5) is 14.9. The molecule has 0 spiro atoms. The highest BCUT2D eigenvalue weighted by Crippen LogP contribution is 2.25. The minimum Gasteiger partial charge on any atom is -0.343 e. The second kappa shape index (κ2) is 7.26. The van der Waals surface area contributed by atoms with E-state index in [1.54, 1.807) is 0 Å². The molecule has 110 valence electrons. The van der Waals surface area contributed by atoms with Crippen LogP contribution in [0.25, 0.3) is 0 Å². The number of nitrogens with zero attached hydrogens (tertiary/aromatic N) is 1. The Kier molecular flexibility index (Phi) is 5.64. The fraction of sp³-hybridized carbons (Fsp3) is 0.588. The van der Waals surface area contributed by atoms with Crippen LogP contribution in [0.5, 0.6) is 0 Å². The molecule has 0 saturated carbocycles. The minimum absolute atomic E-state index is 0.314. The first-order chi connectivity index (χ1) is 9.58. The Morgan fingerprint density at radius 2 is 2.00 bits per heavy atom. The Morgan fingerprint density at radius 3 is 2.60 bits per heavy atom. The third kappa shape index (κ3) is 4.08. The van der Waals surface area contributed by atoms with Crippen LogP contribution in [-0.2, 0) is 11.2 Å². The van der Waals surface area contributed by atoms with Gasteiger partial charge in [0, 0.05) is 24.3 Å². The number of rotatable bonds is 4. The van der Waals surface area contributed by atoms with Crippen LogP contribution < -0.4 is 0 Å². The summed E-state index contributed by atoms with van der Waals surface area (Å²) in [5.41, 5.74) is 2.58. The summed E-state index contributed by atoms with van der Waals surface area (Å²) >= 11 is 3.66.